The Balaban J connectivity index is 2.91. The van der Waals surface area contributed by atoms with E-state index in [9.17, 15) is 0 Å². The summed E-state index contributed by atoms with van der Waals surface area (Å²) in [6, 6.07) is 0. The van der Waals surface area contributed by atoms with Crippen LogP contribution in [0.15, 0.2) is 0 Å². The smallest absolute Gasteiger partial charge is 0.426 e. The van der Waals surface area contributed by atoms with Gasteiger partial charge in [0.15, 0.2) is 0 Å². The molecule has 0 saturated heterocycles. The van der Waals surface area contributed by atoms with Gasteiger partial charge in [-0.15, -0.1) is 0 Å². The van der Waals surface area contributed by atoms with Crippen molar-refractivity contribution in [2.24, 2.45) is 0 Å². The van der Waals surface area contributed by atoms with E-state index in [1.54, 1.807) is 0 Å². The van der Waals surface area contributed by atoms with E-state index in [4.69, 9.17) is 20.1 Å². The highest BCUT2D eigenvalue weighted by molar-refractivity contribution is 6.42. The van der Waals surface area contributed by atoms with Crippen molar-refractivity contribution < 1.29 is 24.8 Å². The van der Waals surface area contributed by atoms with Crippen molar-refractivity contribution >= 4 is 14.2 Å². The van der Waals surface area contributed by atoms with Crippen molar-refractivity contribution in [2.75, 3.05) is 13.0 Å². The molecular formula is C2H8B2O5. The Hall–Kier alpha value is -0.0701. The molecule has 4 N–H and O–H groups in total. The van der Waals surface area contributed by atoms with Gasteiger partial charge in [0.2, 0.25) is 0 Å². The highest BCUT2D eigenvalue weighted by atomic mass is 16.5. The summed E-state index contributed by atoms with van der Waals surface area (Å²) in [6.07, 6.45) is 0. The fourth-order valence-corrected chi connectivity index (χ4v) is 0.279. The van der Waals surface area contributed by atoms with Gasteiger partial charge in [-0.05, 0) is 0 Å². The molecule has 0 aromatic rings. The van der Waals surface area contributed by atoms with Crippen molar-refractivity contribution in [1.82, 2.24) is 0 Å². The Morgan fingerprint density at radius 1 is 0.889 bits per heavy atom. The largest absolute Gasteiger partial charge is 0.479 e. The summed E-state index contributed by atoms with van der Waals surface area (Å²) in [5.74, 6) is 0. The zero-order chi connectivity index (χ0) is 7.28. The molecule has 0 atom stereocenters. The fourth-order valence-electron chi connectivity index (χ4n) is 0.279. The van der Waals surface area contributed by atoms with Crippen LogP contribution in [0.25, 0.3) is 0 Å². The van der Waals surface area contributed by atoms with Gasteiger partial charge in [-0.25, -0.2) is 0 Å². The first kappa shape index (κ1) is 8.93. The Bertz CT molecular complexity index is 58.0. The van der Waals surface area contributed by atoms with Gasteiger partial charge < -0.3 is 24.8 Å². The standard InChI is InChI=1S/C2H8B2O5/c5-3(6)1-9-2-4(7)8/h5-8H,1-2H2. The second-order valence-electron chi connectivity index (χ2n) is 1.50. The minimum Gasteiger partial charge on any atom is -0.426 e. The molecule has 0 spiro atoms. The van der Waals surface area contributed by atoms with Crippen molar-refractivity contribution in [3.05, 3.63) is 0 Å². The molecule has 5 nitrogen and oxygen atoms in total. The molecule has 0 radical (unpaired) electrons. The van der Waals surface area contributed by atoms with Gasteiger partial charge in [0.25, 0.3) is 0 Å². The van der Waals surface area contributed by atoms with Crippen LogP contribution in [0.3, 0.4) is 0 Å². The van der Waals surface area contributed by atoms with Gasteiger partial charge in [0.1, 0.15) is 0 Å². The van der Waals surface area contributed by atoms with E-state index in [0.29, 0.717) is 0 Å². The van der Waals surface area contributed by atoms with E-state index in [-0.39, 0.29) is 13.0 Å². The van der Waals surface area contributed by atoms with Gasteiger partial charge >= 0.3 is 14.2 Å². The van der Waals surface area contributed by atoms with Crippen LogP contribution in [-0.4, -0.2) is 47.3 Å². The quantitative estimate of drug-likeness (QED) is 0.308. The minimum absolute atomic E-state index is 0.308. The zero-order valence-corrected chi connectivity index (χ0v) is 4.77. The molecule has 7 heteroatoms. The predicted molar refractivity (Wildman–Crippen MR) is 31.2 cm³/mol. The van der Waals surface area contributed by atoms with Crippen molar-refractivity contribution in [1.29, 1.82) is 0 Å². The molecule has 0 aromatic heterocycles. The molecule has 0 aromatic carbocycles. The lowest BCUT2D eigenvalue weighted by molar-refractivity contribution is 0.171. The summed E-state index contributed by atoms with van der Waals surface area (Å²) in [6.45, 7) is -0.616. The third-order valence-electron chi connectivity index (χ3n) is 0.534. The molecule has 0 heterocycles. The molecule has 0 unspecified atom stereocenters. The zero-order valence-electron chi connectivity index (χ0n) is 4.77. The maximum atomic E-state index is 8.13. The highest BCUT2D eigenvalue weighted by Crippen LogP contribution is 1.76. The van der Waals surface area contributed by atoms with Gasteiger partial charge in [-0.2, -0.15) is 0 Å². The summed E-state index contributed by atoms with van der Waals surface area (Å²) >= 11 is 0. The summed E-state index contributed by atoms with van der Waals surface area (Å²) < 4.78 is 4.36. The minimum atomic E-state index is -1.55. The molecule has 0 saturated carbocycles. The Labute approximate surface area is 53.2 Å². The predicted octanol–water partition coefficient (Wildman–Crippen LogP) is -2.97. The van der Waals surface area contributed by atoms with E-state index in [1.807, 2.05) is 0 Å². The summed E-state index contributed by atoms with van der Waals surface area (Å²) in [4.78, 5) is 0. The van der Waals surface area contributed by atoms with Crippen LogP contribution >= 0.6 is 0 Å². The van der Waals surface area contributed by atoms with E-state index in [1.165, 1.54) is 0 Å². The van der Waals surface area contributed by atoms with Gasteiger partial charge in [0, 0.05) is 0 Å². The first-order valence-electron chi connectivity index (χ1n) is 2.43. The Kier molecular flexibility index (Phi) is 4.74. The third kappa shape index (κ3) is 7.93. The van der Waals surface area contributed by atoms with Crippen LogP contribution < -0.4 is 0 Å². The van der Waals surface area contributed by atoms with Gasteiger partial charge in [-0.1, -0.05) is 0 Å². The van der Waals surface area contributed by atoms with Gasteiger partial charge in [-0.3, -0.25) is 0 Å². The highest BCUT2D eigenvalue weighted by Gasteiger charge is 2.10. The fraction of sp³-hybridized carbons (Fsp3) is 1.00. The maximum Gasteiger partial charge on any atom is 0.479 e. The number of hydrogen-bond acceptors (Lipinski definition) is 5. The number of hydrogen-bond donors (Lipinski definition) is 4. The SMILES string of the molecule is OB(O)COCB(O)O. The van der Waals surface area contributed by atoms with Crippen LogP contribution in [0, 0.1) is 0 Å². The van der Waals surface area contributed by atoms with Crippen molar-refractivity contribution in [3.63, 3.8) is 0 Å². The molecule has 0 aliphatic carbocycles. The second-order valence-corrected chi connectivity index (χ2v) is 1.50. The molecule has 0 rings (SSSR count). The molecule has 0 aliphatic rings. The normalized spacial score (nSPS) is 9.33. The summed E-state index contributed by atoms with van der Waals surface area (Å²) in [5, 5.41) is 32.5. The van der Waals surface area contributed by atoms with Crippen molar-refractivity contribution in [2.45, 2.75) is 0 Å². The molecule has 0 fully saturated rings. The van der Waals surface area contributed by atoms with Crippen LogP contribution in [0.4, 0.5) is 0 Å². The average molecular weight is 134 g/mol. The van der Waals surface area contributed by atoms with E-state index >= 15 is 0 Å². The molecule has 0 aliphatic heterocycles. The second kappa shape index (κ2) is 4.78. The first-order chi connectivity index (χ1) is 4.13. The molecule has 0 amide bonds. The summed E-state index contributed by atoms with van der Waals surface area (Å²) in [7, 11) is -3.10. The van der Waals surface area contributed by atoms with E-state index in [0.717, 1.165) is 0 Å². The van der Waals surface area contributed by atoms with Crippen molar-refractivity contribution in [3.8, 4) is 0 Å². The van der Waals surface area contributed by atoms with Gasteiger partial charge in [0.05, 0.1) is 13.0 Å². The summed E-state index contributed by atoms with van der Waals surface area (Å²) in [5.41, 5.74) is 0. The Morgan fingerprint density at radius 3 is 1.44 bits per heavy atom. The lowest BCUT2D eigenvalue weighted by Crippen LogP contribution is -2.26. The molecule has 9 heavy (non-hydrogen) atoms. The molecule has 0 bridgehead atoms. The maximum absolute atomic E-state index is 8.13. The number of ether oxygens (including phenoxy) is 1. The molecular weight excluding hydrogens is 126 g/mol. The van der Waals surface area contributed by atoms with E-state index < -0.39 is 14.2 Å². The van der Waals surface area contributed by atoms with Crippen LogP contribution in [0.5, 0.6) is 0 Å². The lowest BCUT2D eigenvalue weighted by Gasteiger charge is -1.99. The van der Waals surface area contributed by atoms with E-state index in [2.05, 4.69) is 4.74 Å². The number of rotatable bonds is 4. The first-order valence-corrected chi connectivity index (χ1v) is 2.43. The topological polar surface area (TPSA) is 90.2 Å². The lowest BCUT2D eigenvalue weighted by atomic mass is 9.92. The van der Waals surface area contributed by atoms with Crippen LogP contribution in [0.1, 0.15) is 0 Å². The van der Waals surface area contributed by atoms with Crippen LogP contribution in [-0.2, 0) is 4.74 Å². The average Bonchev–Trinajstić information content (AvgIpc) is 1.63. The Morgan fingerprint density at radius 2 is 1.22 bits per heavy atom. The van der Waals surface area contributed by atoms with Crippen LogP contribution in [0.2, 0.25) is 0 Å². The third-order valence-corrected chi connectivity index (χ3v) is 0.534. The molecule has 52 valence electrons. The monoisotopic (exact) mass is 134 g/mol.